The molecule has 26 nitrogen and oxygen atoms in total. The second kappa shape index (κ2) is 20.4. The SMILES string of the molecule is CC(C)(COP(=O)(O)OP(=O)(O)OC[C@H]1O[C@@H](n2cnc3c(N)ncnc32)[C@H](O)[C@@H]1OP(=O)(O)O)C(O)C(=O)NCCC(=O)NCCSC(=O)CC(=O)O.[LiH]. The van der Waals surface area contributed by atoms with Gasteiger partial charge in [0, 0.05) is 30.7 Å². The topological polar surface area (TPSA) is 401 Å². The van der Waals surface area contributed by atoms with Crippen LogP contribution in [0.5, 0.6) is 0 Å². The van der Waals surface area contributed by atoms with Gasteiger partial charge in [0.25, 0.3) is 0 Å². The molecule has 3 rings (SSSR count). The van der Waals surface area contributed by atoms with Crippen LogP contribution < -0.4 is 16.4 Å². The zero-order valence-electron chi connectivity index (χ0n) is 28.1. The summed E-state index contributed by atoms with van der Waals surface area (Å²) in [5, 5.41) is 34.0. The van der Waals surface area contributed by atoms with E-state index in [9.17, 15) is 62.7 Å². The molecule has 55 heavy (non-hydrogen) atoms. The number of carboxylic acid groups (broad SMARTS) is 1. The van der Waals surface area contributed by atoms with Gasteiger partial charge in [-0.05, 0) is 0 Å². The monoisotopic (exact) mass is 861 g/mol. The number of nitrogens with zero attached hydrogens (tertiary/aromatic N) is 4. The van der Waals surface area contributed by atoms with Crippen LogP contribution in [0.4, 0.5) is 5.82 Å². The van der Waals surface area contributed by atoms with E-state index in [0.717, 1.165) is 29.0 Å². The Morgan fingerprint density at radius 3 is 2.35 bits per heavy atom. The number of ether oxygens (including phenoxy) is 1. The number of fused-ring (bicyclic) bond motifs is 1. The molecule has 1 aliphatic heterocycles. The molecule has 0 radical (unpaired) electrons. The summed E-state index contributed by atoms with van der Waals surface area (Å²) in [5.74, 6) is -2.80. The first-order chi connectivity index (χ1) is 24.9. The standard InChI is InChI=1S/C24H38N7O19P3S.Li.H/c1-24(2,19(37)22(38)27-4-3-13(32)26-5-6-54-15(35)7-14(33)34)9-47-53(44,45)50-52(42,43)46-8-12-18(49-51(39,40)41)17(36)23(48-12)31-11-30-16-20(25)28-10-29-21(16)31;;/h10-12,17-19,23,36-37H,3-9H2,1-2H3,(H,26,32)(H,27,38)(H,33,34)(H,42,43)(H,44,45)(H2,25,28,29)(H2,39,40,41);;/t12-,17-,18-,19?,23-;;/m1../s1. The van der Waals surface area contributed by atoms with Crippen LogP contribution in [0.2, 0.25) is 0 Å². The number of aromatic nitrogens is 4. The van der Waals surface area contributed by atoms with Crippen molar-refractivity contribution in [2.24, 2.45) is 5.41 Å². The Morgan fingerprint density at radius 2 is 1.71 bits per heavy atom. The maximum absolute atomic E-state index is 12.6. The van der Waals surface area contributed by atoms with Crippen LogP contribution in [0.25, 0.3) is 11.2 Å². The number of thioether (sulfide) groups is 1. The van der Waals surface area contributed by atoms with Gasteiger partial charge >= 0.3 is 48.3 Å². The number of nitrogens with one attached hydrogen (secondary N) is 2. The molecule has 2 amide bonds. The predicted molar refractivity (Wildman–Crippen MR) is 186 cm³/mol. The Morgan fingerprint density at radius 1 is 1.05 bits per heavy atom. The van der Waals surface area contributed by atoms with Crippen molar-refractivity contribution in [1.29, 1.82) is 0 Å². The van der Waals surface area contributed by atoms with Crippen LogP contribution in [0.3, 0.4) is 0 Å². The summed E-state index contributed by atoms with van der Waals surface area (Å²) in [6, 6.07) is 0. The number of carbonyl (C=O) groups excluding carboxylic acids is 3. The molecule has 1 saturated heterocycles. The van der Waals surface area contributed by atoms with Crippen molar-refractivity contribution in [2.75, 3.05) is 37.8 Å². The summed E-state index contributed by atoms with van der Waals surface area (Å²) < 4.78 is 61.8. The second-order valence-electron chi connectivity index (χ2n) is 11.9. The summed E-state index contributed by atoms with van der Waals surface area (Å²) in [6.07, 6.45) is -7.78. The molecule has 306 valence electrons. The maximum atomic E-state index is 12.6. The van der Waals surface area contributed by atoms with E-state index in [1.54, 1.807) is 0 Å². The zero-order valence-corrected chi connectivity index (χ0v) is 31.6. The summed E-state index contributed by atoms with van der Waals surface area (Å²) in [4.78, 5) is 97.0. The van der Waals surface area contributed by atoms with Crippen LogP contribution in [0.1, 0.15) is 32.9 Å². The molecule has 11 N–H and O–H groups in total. The van der Waals surface area contributed by atoms with E-state index in [0.29, 0.717) is 0 Å². The average Bonchev–Trinajstić information content (AvgIpc) is 3.60. The van der Waals surface area contributed by atoms with Gasteiger partial charge in [0.2, 0.25) is 11.8 Å². The van der Waals surface area contributed by atoms with Gasteiger partial charge in [-0.2, -0.15) is 4.31 Å². The number of rotatable bonds is 21. The van der Waals surface area contributed by atoms with E-state index in [-0.39, 0.29) is 61.1 Å². The molecular formula is C24H39LiN7O19P3S. The van der Waals surface area contributed by atoms with Crippen molar-refractivity contribution in [3.05, 3.63) is 12.7 Å². The molecule has 7 atom stereocenters. The first kappa shape index (κ1) is 48.8. The summed E-state index contributed by atoms with van der Waals surface area (Å²) in [5.41, 5.74) is 4.19. The number of carboxylic acids is 1. The molecule has 0 spiro atoms. The number of anilines is 1. The van der Waals surface area contributed by atoms with Gasteiger partial charge in [-0.1, -0.05) is 25.6 Å². The number of phosphoric ester groups is 3. The van der Waals surface area contributed by atoms with Crippen LogP contribution in [0.15, 0.2) is 12.7 Å². The van der Waals surface area contributed by atoms with E-state index in [2.05, 4.69) is 34.4 Å². The third-order valence-electron chi connectivity index (χ3n) is 7.06. The number of aliphatic carboxylic acids is 1. The summed E-state index contributed by atoms with van der Waals surface area (Å²) >= 11 is 0.718. The van der Waals surface area contributed by atoms with Crippen molar-refractivity contribution in [3.8, 4) is 0 Å². The number of aliphatic hydroxyl groups excluding tert-OH is 2. The fraction of sp³-hybridized carbons (Fsp3) is 0.625. The van der Waals surface area contributed by atoms with Crippen LogP contribution in [0, 0.1) is 5.41 Å². The Bertz CT molecular complexity index is 1840. The number of nitrogen functional groups attached to an aromatic ring is 1. The number of hydrogen-bond acceptors (Lipinski definition) is 19. The van der Waals surface area contributed by atoms with E-state index >= 15 is 0 Å². The summed E-state index contributed by atoms with van der Waals surface area (Å²) in [7, 11) is -16.4. The van der Waals surface area contributed by atoms with E-state index in [4.69, 9.17) is 24.6 Å². The molecule has 0 bridgehead atoms. The van der Waals surface area contributed by atoms with Crippen molar-refractivity contribution in [1.82, 2.24) is 30.2 Å². The third kappa shape index (κ3) is 15.1. The van der Waals surface area contributed by atoms with Gasteiger partial charge in [0.05, 0.1) is 19.5 Å². The normalized spacial score (nSPS) is 21.5. The van der Waals surface area contributed by atoms with E-state index in [1.165, 1.54) is 13.8 Å². The number of phosphoric acid groups is 3. The Balaban J connectivity index is 0.0000105. The summed E-state index contributed by atoms with van der Waals surface area (Å²) in [6.45, 7) is 0.132. The Kier molecular flexibility index (Phi) is 18.1. The van der Waals surface area contributed by atoms with Crippen molar-refractivity contribution in [2.45, 2.75) is 57.3 Å². The fourth-order valence-electron chi connectivity index (χ4n) is 4.47. The fourth-order valence-corrected chi connectivity index (χ4v) is 7.96. The molecule has 1 aliphatic rings. The number of hydrogen-bond donors (Lipinski definition) is 10. The Labute approximate surface area is 326 Å². The molecule has 0 saturated carbocycles. The van der Waals surface area contributed by atoms with Gasteiger partial charge < -0.3 is 56.0 Å². The van der Waals surface area contributed by atoms with E-state index < -0.39 is 102 Å². The number of amides is 2. The molecule has 2 aromatic heterocycles. The van der Waals surface area contributed by atoms with Crippen LogP contribution in [-0.4, -0.2) is 153 Å². The van der Waals surface area contributed by atoms with E-state index in [1.807, 2.05) is 0 Å². The molecule has 2 aromatic rings. The van der Waals surface area contributed by atoms with Gasteiger partial charge in [-0.25, -0.2) is 28.6 Å². The second-order valence-corrected chi connectivity index (χ2v) is 17.2. The number of nitrogens with two attached hydrogens (primary N) is 1. The minimum absolute atomic E-state index is 0. The van der Waals surface area contributed by atoms with Gasteiger partial charge in [-0.3, -0.25) is 37.3 Å². The molecule has 0 aromatic carbocycles. The third-order valence-corrected chi connectivity index (χ3v) is 11.0. The zero-order chi connectivity index (χ0) is 40.6. The van der Waals surface area contributed by atoms with Crippen molar-refractivity contribution >= 4 is 94.0 Å². The molecule has 3 heterocycles. The van der Waals surface area contributed by atoms with Crippen molar-refractivity contribution in [3.63, 3.8) is 0 Å². The van der Waals surface area contributed by atoms with Crippen molar-refractivity contribution < 1.29 is 90.4 Å². The van der Waals surface area contributed by atoms with Crippen LogP contribution in [-0.2, 0) is 55.5 Å². The molecule has 0 aliphatic carbocycles. The minimum atomic E-state index is -5.59. The first-order valence-electron chi connectivity index (χ1n) is 15.2. The number of imidazole rings is 1. The number of aliphatic hydroxyl groups is 2. The van der Waals surface area contributed by atoms with Gasteiger partial charge in [0.1, 0.15) is 42.7 Å². The molecular weight excluding hydrogens is 822 g/mol. The van der Waals surface area contributed by atoms with Crippen LogP contribution >= 0.6 is 35.2 Å². The van der Waals surface area contributed by atoms with Gasteiger partial charge in [-0.15, -0.1) is 0 Å². The number of carbonyl (C=O) groups is 4. The first-order valence-corrected chi connectivity index (χ1v) is 20.7. The van der Waals surface area contributed by atoms with Gasteiger partial charge in [0.15, 0.2) is 22.8 Å². The predicted octanol–water partition coefficient (Wildman–Crippen LogP) is -2.51. The molecule has 3 unspecified atom stereocenters. The average molecular weight is 862 g/mol. The Hall–Kier alpha value is -2.37. The quantitative estimate of drug-likeness (QED) is 0.0268. The molecule has 1 fully saturated rings. The molecule has 31 heteroatoms.